The number of halogens is 3. The van der Waals surface area contributed by atoms with Gasteiger partial charge in [-0.15, -0.1) is 0 Å². The van der Waals surface area contributed by atoms with Crippen LogP contribution in [0.15, 0.2) is 23.0 Å². The molecule has 2 rings (SSSR count). The van der Waals surface area contributed by atoms with E-state index in [1.54, 1.807) is 4.98 Å². The van der Waals surface area contributed by atoms with E-state index in [4.69, 9.17) is 4.74 Å². The number of rotatable bonds is 1. The third-order valence-electron chi connectivity index (χ3n) is 2.21. The van der Waals surface area contributed by atoms with Gasteiger partial charge in [0.15, 0.2) is 0 Å². The molecule has 0 saturated heterocycles. The molecule has 0 radical (unpaired) electrons. The van der Waals surface area contributed by atoms with Gasteiger partial charge in [-0.25, -0.2) is 4.79 Å². The van der Waals surface area contributed by atoms with E-state index in [9.17, 15) is 18.0 Å². The number of H-pyrrole nitrogens is 1. The van der Waals surface area contributed by atoms with Gasteiger partial charge in [0.05, 0.1) is 18.0 Å². The third-order valence-corrected chi connectivity index (χ3v) is 2.21. The SMILES string of the molecule is COc1cccc2nc(=O)[nH]c(C(F)(F)F)c12. The number of aromatic nitrogens is 2. The van der Waals surface area contributed by atoms with Gasteiger partial charge in [0.2, 0.25) is 0 Å². The molecule has 0 amide bonds. The summed E-state index contributed by atoms with van der Waals surface area (Å²) in [6, 6.07) is 4.16. The van der Waals surface area contributed by atoms with E-state index >= 15 is 0 Å². The van der Waals surface area contributed by atoms with Crippen molar-refractivity contribution in [3.63, 3.8) is 0 Å². The van der Waals surface area contributed by atoms with Crippen LogP contribution in [-0.2, 0) is 6.18 Å². The summed E-state index contributed by atoms with van der Waals surface area (Å²) < 4.78 is 43.1. The Bertz CT molecular complexity index is 619. The lowest BCUT2D eigenvalue weighted by molar-refractivity contribution is -0.140. The molecular weight excluding hydrogens is 237 g/mol. The highest BCUT2D eigenvalue weighted by Crippen LogP contribution is 2.35. The molecule has 4 nitrogen and oxygen atoms in total. The number of nitrogens with zero attached hydrogens (tertiary/aromatic N) is 1. The smallest absolute Gasteiger partial charge is 0.432 e. The van der Waals surface area contributed by atoms with E-state index in [2.05, 4.69) is 4.98 Å². The molecule has 0 aliphatic carbocycles. The number of hydrogen-bond acceptors (Lipinski definition) is 3. The van der Waals surface area contributed by atoms with Crippen LogP contribution in [0.5, 0.6) is 5.75 Å². The van der Waals surface area contributed by atoms with Crippen LogP contribution in [0, 0.1) is 0 Å². The van der Waals surface area contributed by atoms with Gasteiger partial charge in [-0.2, -0.15) is 18.2 Å². The molecule has 0 bridgehead atoms. The quantitative estimate of drug-likeness (QED) is 0.834. The minimum absolute atomic E-state index is 0.0126. The predicted octanol–water partition coefficient (Wildman–Crippen LogP) is 1.95. The number of methoxy groups -OCH3 is 1. The zero-order valence-corrected chi connectivity index (χ0v) is 8.63. The maximum absolute atomic E-state index is 12.8. The Balaban J connectivity index is 2.95. The summed E-state index contributed by atoms with van der Waals surface area (Å²) in [6.07, 6.45) is -4.67. The van der Waals surface area contributed by atoms with Crippen LogP contribution in [-0.4, -0.2) is 17.1 Å². The average molecular weight is 244 g/mol. The number of alkyl halides is 3. The van der Waals surface area contributed by atoms with Crippen molar-refractivity contribution in [3.8, 4) is 5.75 Å². The zero-order chi connectivity index (χ0) is 12.6. The predicted molar refractivity (Wildman–Crippen MR) is 53.9 cm³/mol. The fraction of sp³-hybridized carbons (Fsp3) is 0.200. The molecule has 0 atom stereocenters. The van der Waals surface area contributed by atoms with Gasteiger partial charge in [0, 0.05) is 0 Å². The van der Waals surface area contributed by atoms with Gasteiger partial charge in [0.25, 0.3) is 0 Å². The topological polar surface area (TPSA) is 55.0 Å². The van der Waals surface area contributed by atoms with Crippen molar-refractivity contribution in [3.05, 3.63) is 34.4 Å². The summed E-state index contributed by atoms with van der Waals surface area (Å²) >= 11 is 0. The highest BCUT2D eigenvalue weighted by molar-refractivity contribution is 5.87. The van der Waals surface area contributed by atoms with E-state index in [-0.39, 0.29) is 16.7 Å². The number of fused-ring (bicyclic) bond motifs is 1. The van der Waals surface area contributed by atoms with Gasteiger partial charge in [-0.05, 0) is 12.1 Å². The number of hydrogen-bond donors (Lipinski definition) is 1. The van der Waals surface area contributed by atoms with Gasteiger partial charge in [0.1, 0.15) is 11.4 Å². The Hall–Kier alpha value is -2.05. The fourth-order valence-electron chi connectivity index (χ4n) is 1.55. The van der Waals surface area contributed by atoms with Gasteiger partial charge < -0.3 is 9.72 Å². The summed E-state index contributed by atoms with van der Waals surface area (Å²) in [6.45, 7) is 0. The summed E-state index contributed by atoms with van der Waals surface area (Å²) in [4.78, 5) is 16.2. The monoisotopic (exact) mass is 244 g/mol. The molecule has 0 saturated carbocycles. The summed E-state index contributed by atoms with van der Waals surface area (Å²) in [5, 5.41) is -0.248. The van der Waals surface area contributed by atoms with Crippen molar-refractivity contribution in [2.75, 3.05) is 7.11 Å². The largest absolute Gasteiger partial charge is 0.496 e. The minimum Gasteiger partial charge on any atom is -0.496 e. The second kappa shape index (κ2) is 3.76. The Morgan fingerprint density at radius 3 is 2.65 bits per heavy atom. The molecule has 2 aromatic rings. The van der Waals surface area contributed by atoms with Crippen molar-refractivity contribution in [2.45, 2.75) is 6.18 Å². The Morgan fingerprint density at radius 1 is 1.35 bits per heavy atom. The van der Waals surface area contributed by atoms with Crippen LogP contribution in [0.1, 0.15) is 5.69 Å². The molecule has 1 aromatic heterocycles. The second-order valence-corrected chi connectivity index (χ2v) is 3.27. The average Bonchev–Trinajstić information content (AvgIpc) is 2.25. The Labute approximate surface area is 93.1 Å². The van der Waals surface area contributed by atoms with Crippen LogP contribution < -0.4 is 10.4 Å². The van der Waals surface area contributed by atoms with Crippen LogP contribution >= 0.6 is 0 Å². The highest BCUT2D eigenvalue weighted by Gasteiger charge is 2.35. The molecule has 7 heteroatoms. The van der Waals surface area contributed by atoms with Crippen LogP contribution in [0.3, 0.4) is 0 Å². The molecular formula is C10H7F3N2O2. The number of aromatic amines is 1. The first-order valence-corrected chi connectivity index (χ1v) is 4.57. The lowest BCUT2D eigenvalue weighted by Crippen LogP contribution is -2.19. The zero-order valence-electron chi connectivity index (χ0n) is 8.63. The van der Waals surface area contributed by atoms with Crippen LogP contribution in [0.25, 0.3) is 10.9 Å². The van der Waals surface area contributed by atoms with E-state index in [1.807, 2.05) is 0 Å². The van der Waals surface area contributed by atoms with Crippen LogP contribution in [0.2, 0.25) is 0 Å². The van der Waals surface area contributed by atoms with E-state index < -0.39 is 17.6 Å². The summed E-state index contributed by atoms with van der Waals surface area (Å²) in [5.74, 6) is 0.0126. The molecule has 0 aliphatic heterocycles. The van der Waals surface area contributed by atoms with Crippen molar-refractivity contribution in [2.24, 2.45) is 0 Å². The second-order valence-electron chi connectivity index (χ2n) is 3.27. The van der Waals surface area contributed by atoms with Gasteiger partial charge in [-0.1, -0.05) is 6.07 Å². The van der Waals surface area contributed by atoms with Crippen molar-refractivity contribution < 1.29 is 17.9 Å². The molecule has 0 unspecified atom stereocenters. The van der Waals surface area contributed by atoms with Crippen molar-refractivity contribution in [1.29, 1.82) is 0 Å². The molecule has 1 heterocycles. The molecule has 0 spiro atoms. The first-order chi connectivity index (χ1) is 7.93. The summed E-state index contributed by atoms with van der Waals surface area (Å²) in [5.41, 5.74) is -2.25. The van der Waals surface area contributed by atoms with E-state index in [0.29, 0.717) is 0 Å². The van der Waals surface area contributed by atoms with Crippen LogP contribution in [0.4, 0.5) is 13.2 Å². The molecule has 0 aliphatic rings. The number of nitrogens with one attached hydrogen (secondary N) is 1. The number of ether oxygens (including phenoxy) is 1. The maximum atomic E-state index is 12.8. The number of benzene rings is 1. The minimum atomic E-state index is -4.67. The standard InChI is InChI=1S/C10H7F3N2O2/c1-17-6-4-2-3-5-7(6)8(10(11,12)13)15-9(16)14-5/h2-4H,1H3,(H,14,15,16). The Morgan fingerprint density at radius 2 is 2.06 bits per heavy atom. The first-order valence-electron chi connectivity index (χ1n) is 4.57. The van der Waals surface area contributed by atoms with E-state index in [0.717, 1.165) is 0 Å². The third kappa shape index (κ3) is 1.95. The van der Waals surface area contributed by atoms with Crippen molar-refractivity contribution >= 4 is 10.9 Å². The maximum Gasteiger partial charge on any atom is 0.432 e. The summed E-state index contributed by atoms with van der Waals surface area (Å²) in [7, 11) is 1.25. The van der Waals surface area contributed by atoms with Crippen molar-refractivity contribution in [1.82, 2.24) is 9.97 Å². The van der Waals surface area contributed by atoms with Gasteiger partial charge in [-0.3, -0.25) is 0 Å². The normalized spacial score (nSPS) is 11.8. The Kier molecular flexibility index (Phi) is 2.53. The highest BCUT2D eigenvalue weighted by atomic mass is 19.4. The molecule has 1 aromatic carbocycles. The molecule has 1 N–H and O–H groups in total. The fourth-order valence-corrected chi connectivity index (χ4v) is 1.55. The van der Waals surface area contributed by atoms with E-state index in [1.165, 1.54) is 25.3 Å². The molecule has 0 fully saturated rings. The molecule has 17 heavy (non-hydrogen) atoms. The lowest BCUT2D eigenvalue weighted by atomic mass is 10.1. The van der Waals surface area contributed by atoms with Gasteiger partial charge >= 0.3 is 11.9 Å². The molecule has 90 valence electrons. The lowest BCUT2D eigenvalue weighted by Gasteiger charge is -2.11. The first kappa shape index (κ1) is 11.4.